The van der Waals surface area contributed by atoms with Crippen molar-refractivity contribution in [3.8, 4) is 6.01 Å². The van der Waals surface area contributed by atoms with E-state index >= 15 is 0 Å². The van der Waals surface area contributed by atoms with E-state index in [0.29, 0.717) is 42.2 Å². The lowest BCUT2D eigenvalue weighted by molar-refractivity contribution is 0.102. The maximum atomic E-state index is 13.5. The molecule has 0 radical (unpaired) electrons. The van der Waals surface area contributed by atoms with Crippen LogP contribution < -0.4 is 20.3 Å². The maximum Gasteiger partial charge on any atom is 0.317 e. The van der Waals surface area contributed by atoms with Crippen molar-refractivity contribution < 1.29 is 14.3 Å². The second kappa shape index (κ2) is 10.3. The first-order chi connectivity index (χ1) is 17.8. The number of aryl methyl sites for hydroxylation is 2. The third kappa shape index (κ3) is 5.18. The van der Waals surface area contributed by atoms with Gasteiger partial charge in [-0.2, -0.15) is 4.98 Å². The number of hydrogen-bond donors (Lipinski definition) is 2. The standard InChI is InChI=1S/C26H32N8O3/c1-15-10-22(32-34-14-18(4)29-24(15)34)30-25(35)19-6-7-21(33-12-16(2)28-17(3)13-33)20-11-27-26(31-23(19)20)37-9-8-36-5/h6-7,10-11,14,16-17,28H,8-9,12-13H2,1-5H3,(H,30,32,35)/t16-,17-/m0/s1. The summed E-state index contributed by atoms with van der Waals surface area (Å²) in [6.45, 7) is 10.6. The molecule has 1 aliphatic rings. The zero-order valence-electron chi connectivity index (χ0n) is 21.8. The van der Waals surface area contributed by atoms with Gasteiger partial charge in [-0.3, -0.25) is 4.79 Å². The van der Waals surface area contributed by atoms with Gasteiger partial charge < -0.3 is 25.0 Å². The van der Waals surface area contributed by atoms with Crippen molar-refractivity contribution in [3.63, 3.8) is 0 Å². The first-order valence-corrected chi connectivity index (χ1v) is 12.4. The van der Waals surface area contributed by atoms with Crippen LogP contribution in [0.5, 0.6) is 6.01 Å². The number of ether oxygens (including phenoxy) is 2. The third-order valence-electron chi connectivity index (χ3n) is 6.34. The van der Waals surface area contributed by atoms with Crippen LogP contribution in [-0.4, -0.2) is 76.0 Å². The summed E-state index contributed by atoms with van der Waals surface area (Å²) >= 11 is 0. The van der Waals surface area contributed by atoms with Gasteiger partial charge in [0.15, 0.2) is 11.5 Å². The zero-order chi connectivity index (χ0) is 26.1. The van der Waals surface area contributed by atoms with Gasteiger partial charge in [0.1, 0.15) is 6.61 Å². The van der Waals surface area contributed by atoms with Gasteiger partial charge in [0.05, 0.1) is 29.6 Å². The number of benzene rings is 1. The number of imidazole rings is 1. The minimum absolute atomic E-state index is 0.196. The zero-order valence-corrected chi connectivity index (χ0v) is 21.8. The van der Waals surface area contributed by atoms with Gasteiger partial charge in [-0.15, -0.1) is 5.10 Å². The maximum absolute atomic E-state index is 13.5. The number of fused-ring (bicyclic) bond motifs is 2. The second-order valence-corrected chi connectivity index (χ2v) is 9.58. The van der Waals surface area contributed by atoms with Crippen LogP contribution >= 0.6 is 0 Å². The molecular formula is C26H32N8O3. The molecule has 4 heterocycles. The lowest BCUT2D eigenvalue weighted by Crippen LogP contribution is -2.54. The fourth-order valence-electron chi connectivity index (χ4n) is 4.85. The predicted molar refractivity (Wildman–Crippen MR) is 142 cm³/mol. The predicted octanol–water partition coefficient (Wildman–Crippen LogP) is 2.75. The number of nitrogens with one attached hydrogen (secondary N) is 2. The molecule has 1 amide bonds. The first kappa shape index (κ1) is 24.8. The van der Waals surface area contributed by atoms with E-state index in [1.54, 1.807) is 17.8 Å². The molecule has 2 atom stereocenters. The average Bonchev–Trinajstić information content (AvgIpc) is 3.23. The molecule has 2 N–H and O–H groups in total. The Morgan fingerprint density at radius 1 is 1.16 bits per heavy atom. The monoisotopic (exact) mass is 504 g/mol. The van der Waals surface area contributed by atoms with Crippen molar-refractivity contribution in [2.75, 3.05) is 43.6 Å². The van der Waals surface area contributed by atoms with Gasteiger partial charge in [0.25, 0.3) is 5.91 Å². The summed E-state index contributed by atoms with van der Waals surface area (Å²) in [6.07, 6.45) is 3.56. The molecule has 4 aromatic rings. The van der Waals surface area contributed by atoms with Crippen molar-refractivity contribution in [2.45, 2.75) is 39.8 Å². The van der Waals surface area contributed by atoms with E-state index < -0.39 is 0 Å². The summed E-state index contributed by atoms with van der Waals surface area (Å²) in [7, 11) is 1.60. The molecule has 5 rings (SSSR count). The molecular weight excluding hydrogens is 472 g/mol. The number of anilines is 2. The number of carbonyl (C=O) groups excluding carboxylic acids is 1. The smallest absolute Gasteiger partial charge is 0.317 e. The molecule has 1 aliphatic heterocycles. The minimum Gasteiger partial charge on any atom is -0.461 e. The molecule has 0 unspecified atom stereocenters. The number of aromatic nitrogens is 5. The Balaban J connectivity index is 1.53. The van der Waals surface area contributed by atoms with Crippen LogP contribution in [-0.2, 0) is 4.74 Å². The Morgan fingerprint density at radius 3 is 2.70 bits per heavy atom. The fraction of sp³-hybridized carbons (Fsp3) is 0.423. The third-order valence-corrected chi connectivity index (χ3v) is 6.34. The van der Waals surface area contributed by atoms with E-state index in [9.17, 15) is 4.79 Å². The van der Waals surface area contributed by atoms with Gasteiger partial charge in [-0.1, -0.05) is 0 Å². The fourth-order valence-corrected chi connectivity index (χ4v) is 4.85. The van der Waals surface area contributed by atoms with Gasteiger partial charge in [0, 0.05) is 49.6 Å². The van der Waals surface area contributed by atoms with Crippen LogP contribution in [0.3, 0.4) is 0 Å². The number of nitrogens with zero attached hydrogens (tertiary/aromatic N) is 6. The van der Waals surface area contributed by atoms with Crippen molar-refractivity contribution >= 4 is 34.0 Å². The van der Waals surface area contributed by atoms with Gasteiger partial charge in [-0.05, 0) is 51.5 Å². The Morgan fingerprint density at radius 2 is 1.95 bits per heavy atom. The van der Waals surface area contributed by atoms with Crippen molar-refractivity contribution in [2.24, 2.45) is 0 Å². The second-order valence-electron chi connectivity index (χ2n) is 9.58. The van der Waals surface area contributed by atoms with Crippen molar-refractivity contribution in [1.29, 1.82) is 0 Å². The van der Waals surface area contributed by atoms with E-state index in [-0.39, 0.29) is 11.9 Å². The van der Waals surface area contributed by atoms with Gasteiger partial charge >= 0.3 is 6.01 Å². The average molecular weight is 505 g/mol. The van der Waals surface area contributed by atoms with Crippen LogP contribution in [0.2, 0.25) is 0 Å². The quantitative estimate of drug-likeness (QED) is 0.366. The van der Waals surface area contributed by atoms with Gasteiger partial charge in [-0.25, -0.2) is 14.5 Å². The number of rotatable bonds is 7. The van der Waals surface area contributed by atoms with Gasteiger partial charge in [0.2, 0.25) is 0 Å². The Bertz CT molecular complexity index is 1440. The summed E-state index contributed by atoms with van der Waals surface area (Å²) in [5.74, 6) is 0.114. The Hall–Kier alpha value is -3.83. The number of carbonyl (C=O) groups is 1. The normalized spacial score (nSPS) is 17.9. The van der Waals surface area contributed by atoms with E-state index in [4.69, 9.17) is 9.47 Å². The lowest BCUT2D eigenvalue weighted by atomic mass is 10.0. The number of hydrogen-bond acceptors (Lipinski definition) is 9. The summed E-state index contributed by atoms with van der Waals surface area (Å²) < 4.78 is 12.4. The van der Waals surface area contributed by atoms with E-state index in [2.05, 4.69) is 49.4 Å². The summed E-state index contributed by atoms with van der Waals surface area (Å²) in [5.41, 5.74) is 4.45. The Labute approximate surface area is 215 Å². The van der Waals surface area contributed by atoms with Crippen LogP contribution in [0.25, 0.3) is 16.6 Å². The van der Waals surface area contributed by atoms with Crippen molar-refractivity contribution in [3.05, 3.63) is 47.4 Å². The highest BCUT2D eigenvalue weighted by atomic mass is 16.5. The minimum atomic E-state index is -0.316. The number of amides is 1. The molecule has 37 heavy (non-hydrogen) atoms. The highest BCUT2D eigenvalue weighted by Gasteiger charge is 2.25. The van der Waals surface area contributed by atoms with E-state index in [0.717, 1.165) is 41.1 Å². The molecule has 1 aromatic carbocycles. The molecule has 194 valence electrons. The first-order valence-electron chi connectivity index (χ1n) is 12.4. The van der Waals surface area contributed by atoms with Crippen molar-refractivity contribution in [1.82, 2.24) is 29.9 Å². The van der Waals surface area contributed by atoms with Crippen LogP contribution in [0.15, 0.2) is 30.6 Å². The summed E-state index contributed by atoms with van der Waals surface area (Å²) in [5, 5.41) is 11.8. The molecule has 0 saturated carbocycles. The molecule has 11 heteroatoms. The Kier molecular flexibility index (Phi) is 6.90. The molecule has 11 nitrogen and oxygen atoms in total. The SMILES string of the molecule is COCCOc1ncc2c(N3C[C@H](C)N[C@@H](C)C3)ccc(C(=O)Nc3cc(C)c4nc(C)cn4n3)c2n1. The topological polar surface area (TPSA) is 119 Å². The molecule has 0 spiro atoms. The number of piperazine rings is 1. The highest BCUT2D eigenvalue weighted by Crippen LogP contribution is 2.31. The summed E-state index contributed by atoms with van der Waals surface area (Å²) in [6, 6.07) is 6.45. The largest absolute Gasteiger partial charge is 0.461 e. The molecule has 0 bridgehead atoms. The molecule has 0 aliphatic carbocycles. The molecule has 1 saturated heterocycles. The van der Waals surface area contributed by atoms with E-state index in [1.165, 1.54) is 0 Å². The van der Waals surface area contributed by atoms with Crippen LogP contribution in [0, 0.1) is 13.8 Å². The van der Waals surface area contributed by atoms with E-state index in [1.807, 2.05) is 38.2 Å². The molecule has 1 fully saturated rings. The van der Waals surface area contributed by atoms with Crippen LogP contribution in [0.4, 0.5) is 11.5 Å². The number of methoxy groups -OCH3 is 1. The lowest BCUT2D eigenvalue weighted by Gasteiger charge is -2.38. The highest BCUT2D eigenvalue weighted by molar-refractivity contribution is 6.13. The van der Waals surface area contributed by atoms with Crippen LogP contribution in [0.1, 0.15) is 35.5 Å². The summed E-state index contributed by atoms with van der Waals surface area (Å²) in [4.78, 5) is 29.4. The molecule has 3 aromatic heterocycles.